The number of nitro groups is 1. The van der Waals surface area contributed by atoms with Gasteiger partial charge in [-0.3, -0.25) is 20.3 Å². The number of amidine groups is 2. The lowest BCUT2D eigenvalue weighted by atomic mass is 10.1. The highest BCUT2D eigenvalue weighted by Gasteiger charge is 2.35. The number of fused-ring (bicyclic) bond motifs is 1. The van der Waals surface area contributed by atoms with E-state index in [1.807, 2.05) is 38.1 Å². The second kappa shape index (κ2) is 12.5. The van der Waals surface area contributed by atoms with Crippen molar-refractivity contribution in [2.45, 2.75) is 26.7 Å². The van der Waals surface area contributed by atoms with Crippen LogP contribution in [0.25, 0.3) is 6.08 Å². The van der Waals surface area contributed by atoms with Crippen LogP contribution in [0.2, 0.25) is 0 Å². The van der Waals surface area contributed by atoms with E-state index >= 15 is 0 Å². The Morgan fingerprint density at radius 3 is 2.55 bits per heavy atom. The van der Waals surface area contributed by atoms with Crippen molar-refractivity contribution in [3.63, 3.8) is 0 Å². The number of rotatable bonds is 12. The maximum atomic E-state index is 12.7. The topological polar surface area (TPSA) is 140 Å². The smallest absolute Gasteiger partial charge is 0.283 e. The number of thioether (sulfide) groups is 1. The number of carbonyl (C=O) groups is 1. The molecule has 38 heavy (non-hydrogen) atoms. The van der Waals surface area contributed by atoms with Crippen LogP contribution in [0.3, 0.4) is 0 Å². The molecular weight excluding hydrogens is 510 g/mol. The molecular formula is C26H27N5O6S. The van der Waals surface area contributed by atoms with Crippen molar-refractivity contribution in [2.75, 3.05) is 26.4 Å². The Balaban J connectivity index is 1.41. The lowest BCUT2D eigenvalue weighted by Crippen LogP contribution is -2.35. The molecule has 0 atom stereocenters. The number of ether oxygens (including phenoxy) is 3. The molecule has 2 aromatic rings. The summed E-state index contributed by atoms with van der Waals surface area (Å²) in [6.45, 7) is 5.14. The second-order valence-electron chi connectivity index (χ2n) is 8.32. The lowest BCUT2D eigenvalue weighted by molar-refractivity contribution is -0.384. The second-order valence-corrected chi connectivity index (χ2v) is 9.36. The predicted molar refractivity (Wildman–Crippen MR) is 146 cm³/mol. The first kappa shape index (κ1) is 27.0. The summed E-state index contributed by atoms with van der Waals surface area (Å²) < 4.78 is 17.1. The quantitative estimate of drug-likeness (QED) is 0.176. The number of nitrogens with zero attached hydrogens (tertiary/aromatic N) is 4. The zero-order chi connectivity index (χ0) is 27.1. The van der Waals surface area contributed by atoms with E-state index in [2.05, 4.69) is 10.1 Å². The summed E-state index contributed by atoms with van der Waals surface area (Å²) in [7, 11) is 0. The number of amides is 1. The van der Waals surface area contributed by atoms with Crippen LogP contribution in [0.5, 0.6) is 11.5 Å². The third-order valence-electron chi connectivity index (χ3n) is 5.53. The van der Waals surface area contributed by atoms with Crippen LogP contribution < -0.4 is 9.47 Å². The van der Waals surface area contributed by atoms with Gasteiger partial charge in [-0.25, -0.2) is 0 Å². The van der Waals surface area contributed by atoms with Crippen LogP contribution in [0.15, 0.2) is 58.1 Å². The fraction of sp³-hybridized carbons (Fsp3) is 0.308. The highest BCUT2D eigenvalue weighted by Crippen LogP contribution is 2.32. The van der Waals surface area contributed by atoms with Gasteiger partial charge in [0, 0.05) is 17.7 Å². The third-order valence-corrected chi connectivity index (χ3v) is 6.50. The number of benzene rings is 2. The van der Waals surface area contributed by atoms with Gasteiger partial charge in [0.05, 0.1) is 23.7 Å². The average Bonchev–Trinajstić information content (AvgIpc) is 3.30. The normalized spacial score (nSPS) is 15.8. The van der Waals surface area contributed by atoms with E-state index in [1.165, 1.54) is 41.0 Å². The number of non-ortho nitro benzene ring substituents is 1. The Morgan fingerprint density at radius 2 is 1.84 bits per heavy atom. The van der Waals surface area contributed by atoms with Gasteiger partial charge in [0.2, 0.25) is 5.17 Å². The Labute approximate surface area is 223 Å². The van der Waals surface area contributed by atoms with Gasteiger partial charge in [-0.2, -0.15) is 15.1 Å². The summed E-state index contributed by atoms with van der Waals surface area (Å²) in [4.78, 5) is 27.6. The van der Waals surface area contributed by atoms with E-state index in [4.69, 9.17) is 19.6 Å². The van der Waals surface area contributed by atoms with Crippen molar-refractivity contribution in [2.24, 2.45) is 10.1 Å². The van der Waals surface area contributed by atoms with Gasteiger partial charge in [-0.1, -0.05) is 25.1 Å². The molecule has 0 fully saturated rings. The Hall–Kier alpha value is -4.03. The molecule has 2 aliphatic heterocycles. The molecule has 0 spiro atoms. The molecule has 0 aliphatic carbocycles. The van der Waals surface area contributed by atoms with Crippen LogP contribution in [0, 0.1) is 22.4 Å². The van der Waals surface area contributed by atoms with Crippen molar-refractivity contribution in [1.82, 2.24) is 5.01 Å². The Morgan fingerprint density at radius 1 is 1.11 bits per heavy atom. The molecule has 0 bridgehead atoms. The van der Waals surface area contributed by atoms with Gasteiger partial charge < -0.3 is 14.2 Å². The first-order valence-electron chi connectivity index (χ1n) is 12.0. The van der Waals surface area contributed by atoms with Gasteiger partial charge in [-0.15, -0.1) is 0 Å². The molecule has 1 amide bonds. The minimum atomic E-state index is -0.615. The largest absolute Gasteiger partial charge is 0.491 e. The highest BCUT2D eigenvalue weighted by molar-refractivity contribution is 8.26. The molecule has 12 heteroatoms. The first-order chi connectivity index (χ1) is 18.4. The highest BCUT2D eigenvalue weighted by atomic mass is 32.2. The molecule has 11 nitrogen and oxygen atoms in total. The zero-order valence-electron chi connectivity index (χ0n) is 21.0. The number of nitro benzene ring substituents is 1. The van der Waals surface area contributed by atoms with Gasteiger partial charge >= 0.3 is 0 Å². The number of nitrogens with one attached hydrogen (secondary N) is 1. The molecule has 0 radical (unpaired) electrons. The summed E-state index contributed by atoms with van der Waals surface area (Å²) in [5.41, 5.74) is 1.11. The Bertz CT molecular complexity index is 1340. The summed E-state index contributed by atoms with van der Waals surface area (Å²) >= 11 is 1.26. The first-order valence-corrected chi connectivity index (χ1v) is 12.9. The maximum absolute atomic E-state index is 12.7. The van der Waals surface area contributed by atoms with Crippen LogP contribution in [-0.2, 0) is 9.53 Å². The van der Waals surface area contributed by atoms with Crippen LogP contribution >= 0.6 is 11.8 Å². The van der Waals surface area contributed by atoms with E-state index in [0.29, 0.717) is 30.6 Å². The maximum Gasteiger partial charge on any atom is 0.283 e. The number of hydrogen-bond donors (Lipinski definition) is 1. The van der Waals surface area contributed by atoms with Gasteiger partial charge in [0.1, 0.15) is 29.8 Å². The monoisotopic (exact) mass is 537 g/mol. The molecule has 4 rings (SSSR count). The summed E-state index contributed by atoms with van der Waals surface area (Å²) in [5.74, 6) is 0.350. The van der Waals surface area contributed by atoms with Crippen molar-refractivity contribution >= 4 is 45.5 Å². The van der Waals surface area contributed by atoms with E-state index in [-0.39, 0.29) is 35.9 Å². The number of para-hydroxylation sites is 1. The third kappa shape index (κ3) is 6.45. The predicted octanol–water partition coefficient (Wildman–Crippen LogP) is 4.80. The number of aryl methyl sites for hydroxylation is 1. The molecule has 2 heterocycles. The molecule has 0 saturated carbocycles. The number of carbonyl (C=O) groups excluding carboxylic acids is 1. The molecule has 198 valence electrons. The van der Waals surface area contributed by atoms with E-state index < -0.39 is 10.8 Å². The van der Waals surface area contributed by atoms with E-state index in [1.54, 1.807) is 0 Å². The van der Waals surface area contributed by atoms with E-state index in [0.717, 1.165) is 22.8 Å². The molecule has 0 saturated heterocycles. The van der Waals surface area contributed by atoms with Crippen LogP contribution in [0.1, 0.15) is 30.9 Å². The zero-order valence-corrected chi connectivity index (χ0v) is 21.8. The molecule has 1 N–H and O–H groups in total. The number of aliphatic imine (C=N–C) groups is 1. The van der Waals surface area contributed by atoms with E-state index in [9.17, 15) is 14.9 Å². The Kier molecular flexibility index (Phi) is 8.87. The summed E-state index contributed by atoms with van der Waals surface area (Å²) in [6, 6.07) is 11.8. The summed E-state index contributed by atoms with van der Waals surface area (Å²) in [5, 5.41) is 26.7. The standard InChI is InChI=1S/C26H27N5O6S/c1-3-6-23-29-30-24(27)20(25(32)28-26(30)38-23)16-18-15-19(31(33)34)9-10-22(18)37-14-12-35-11-13-36-21-8-5-4-7-17(21)2/h4-5,7-10,15-16,27H,3,6,11-14H2,1-2H3/b20-16+,27-24?. The van der Waals surface area contributed by atoms with Crippen molar-refractivity contribution in [3.05, 3.63) is 69.3 Å². The van der Waals surface area contributed by atoms with Crippen LogP contribution in [0.4, 0.5) is 5.69 Å². The van der Waals surface area contributed by atoms with Crippen molar-refractivity contribution in [1.29, 1.82) is 5.41 Å². The fourth-order valence-corrected chi connectivity index (χ4v) is 4.62. The number of hydrogen-bond acceptors (Lipinski definition) is 9. The van der Waals surface area contributed by atoms with Crippen molar-refractivity contribution < 1.29 is 23.9 Å². The average molecular weight is 538 g/mol. The summed E-state index contributed by atoms with van der Waals surface area (Å²) in [6.07, 6.45) is 2.96. The SMILES string of the molecule is CCCC1=NN2C(=N)/C(=C\c3cc([N+](=O)[O-])ccc3OCCOCCOc3ccccc3C)C(=O)N=C2S1. The lowest BCUT2D eigenvalue weighted by Gasteiger charge is -2.20. The van der Waals surface area contributed by atoms with Gasteiger partial charge in [-0.05, 0) is 55.3 Å². The fourth-order valence-electron chi connectivity index (χ4n) is 3.64. The molecule has 0 aromatic heterocycles. The van der Waals surface area contributed by atoms with Gasteiger partial charge in [0.25, 0.3) is 11.6 Å². The van der Waals surface area contributed by atoms with Gasteiger partial charge in [0.15, 0.2) is 5.84 Å². The molecule has 2 aliphatic rings. The number of hydrazone groups is 1. The minimum absolute atomic E-state index is 0.0363. The minimum Gasteiger partial charge on any atom is -0.491 e. The molecule has 2 aromatic carbocycles. The van der Waals surface area contributed by atoms with Crippen LogP contribution in [-0.4, -0.2) is 58.3 Å². The van der Waals surface area contributed by atoms with Crippen molar-refractivity contribution in [3.8, 4) is 11.5 Å². The molecule has 0 unspecified atom stereocenters.